The molecule has 2 atom stereocenters. The number of likely N-dealkylation sites (tertiary alicyclic amines) is 1. The first-order valence-corrected chi connectivity index (χ1v) is 14.5. The number of carbonyl (C=O) groups is 1. The van der Waals surface area contributed by atoms with Crippen LogP contribution in [0.3, 0.4) is 0 Å². The minimum absolute atomic E-state index is 0.0650. The van der Waals surface area contributed by atoms with E-state index in [4.69, 9.17) is 9.16 Å². The molecule has 0 unspecified atom stereocenters. The number of ether oxygens (including phenoxy) is 1. The summed E-state index contributed by atoms with van der Waals surface area (Å²) in [7, 11) is -2.15. The maximum absolute atomic E-state index is 13.1. The Bertz CT molecular complexity index is 794. The number of nitrogens with zero attached hydrogens (tertiary/aromatic N) is 1. The molecule has 194 valence electrons. The Labute approximate surface area is 204 Å². The van der Waals surface area contributed by atoms with Gasteiger partial charge in [0.1, 0.15) is 5.60 Å². The molecule has 1 fully saturated rings. The number of hydrogen-bond donors (Lipinski definition) is 0. The summed E-state index contributed by atoms with van der Waals surface area (Å²) < 4.78 is 52.0. The molecule has 0 saturated carbocycles. The molecule has 0 radical (unpaired) electrons. The van der Waals surface area contributed by atoms with Crippen molar-refractivity contribution >= 4 is 14.4 Å². The lowest BCUT2D eigenvalue weighted by atomic mass is 9.93. The van der Waals surface area contributed by atoms with Crippen molar-refractivity contribution in [3.63, 3.8) is 0 Å². The van der Waals surface area contributed by atoms with Gasteiger partial charge in [0.05, 0.1) is 11.6 Å². The highest BCUT2D eigenvalue weighted by molar-refractivity contribution is 6.77. The maximum Gasteiger partial charge on any atom is 0.416 e. The zero-order chi connectivity index (χ0) is 26.1. The maximum atomic E-state index is 13.1. The number of piperidine rings is 1. The van der Waals surface area contributed by atoms with Crippen LogP contribution in [0.15, 0.2) is 24.3 Å². The van der Waals surface area contributed by atoms with Gasteiger partial charge in [-0.05, 0) is 67.9 Å². The van der Waals surface area contributed by atoms with E-state index in [1.165, 1.54) is 12.1 Å². The third kappa shape index (κ3) is 6.56. The van der Waals surface area contributed by atoms with E-state index in [1.54, 1.807) is 4.90 Å². The summed E-state index contributed by atoms with van der Waals surface area (Å²) in [5, 5.41) is 0. The zero-order valence-electron chi connectivity index (χ0n) is 22.1. The van der Waals surface area contributed by atoms with E-state index < -0.39 is 37.8 Å². The van der Waals surface area contributed by atoms with Gasteiger partial charge < -0.3 is 14.1 Å². The lowest BCUT2D eigenvalue weighted by Gasteiger charge is -2.48. The number of hydrogen-bond acceptors (Lipinski definition) is 3. The second kappa shape index (κ2) is 10.6. The number of amides is 1. The van der Waals surface area contributed by atoms with Gasteiger partial charge >= 0.3 is 12.3 Å². The van der Waals surface area contributed by atoms with E-state index in [-0.39, 0.29) is 6.10 Å². The minimum Gasteiger partial charge on any atom is -0.444 e. The SMILES string of the molecule is CC(C)[Si](O[C@@H]1CCN(C(=O)OC(C)(C)C)[C@H](c2ccc(C(F)(F)F)cc2)C1)(C(C)C)C(C)C. The molecule has 1 saturated heterocycles. The molecule has 0 aromatic heterocycles. The molecule has 1 aromatic rings. The smallest absolute Gasteiger partial charge is 0.416 e. The predicted octanol–water partition coefficient (Wildman–Crippen LogP) is 8.34. The topological polar surface area (TPSA) is 38.8 Å². The average molecular weight is 502 g/mol. The molecule has 0 spiro atoms. The van der Waals surface area contributed by atoms with Crippen LogP contribution in [-0.4, -0.2) is 37.6 Å². The Morgan fingerprint density at radius 2 is 1.47 bits per heavy atom. The molecule has 8 heteroatoms. The fraction of sp³-hybridized carbons (Fsp3) is 0.731. The predicted molar refractivity (Wildman–Crippen MR) is 132 cm³/mol. The molecule has 1 aromatic carbocycles. The van der Waals surface area contributed by atoms with Crippen molar-refractivity contribution in [1.29, 1.82) is 0 Å². The van der Waals surface area contributed by atoms with Gasteiger partial charge in [0.25, 0.3) is 0 Å². The number of carbonyl (C=O) groups excluding carboxylic acids is 1. The Kier molecular flexibility index (Phi) is 8.95. The standard InChI is InChI=1S/C26H42F3NO3Si/c1-17(2)34(18(3)4,19(5)6)33-22-14-15-30(24(31)32-25(7,8)9)23(16-22)20-10-12-21(13-11-20)26(27,28)29/h10-13,17-19,22-23H,14-16H2,1-9H3/t22-,23+/m1/s1. The molecule has 0 bridgehead atoms. The van der Waals surface area contributed by atoms with Crippen molar-refractivity contribution in [3.8, 4) is 0 Å². The zero-order valence-corrected chi connectivity index (χ0v) is 23.1. The summed E-state index contributed by atoms with van der Waals surface area (Å²) in [6.45, 7) is 19.2. The van der Waals surface area contributed by atoms with Crippen LogP contribution in [-0.2, 0) is 15.3 Å². The highest BCUT2D eigenvalue weighted by Gasteiger charge is 2.48. The molecular weight excluding hydrogens is 459 g/mol. The summed E-state index contributed by atoms with van der Waals surface area (Å²) in [5.74, 6) is 0. The van der Waals surface area contributed by atoms with Gasteiger partial charge in [-0.25, -0.2) is 4.79 Å². The Morgan fingerprint density at radius 3 is 1.88 bits per heavy atom. The molecule has 0 N–H and O–H groups in total. The fourth-order valence-electron chi connectivity index (χ4n) is 5.49. The molecule has 1 aliphatic rings. The molecule has 4 nitrogen and oxygen atoms in total. The van der Waals surface area contributed by atoms with Crippen molar-refractivity contribution in [1.82, 2.24) is 4.90 Å². The van der Waals surface area contributed by atoms with Crippen LogP contribution in [0.4, 0.5) is 18.0 Å². The summed E-state index contributed by atoms with van der Waals surface area (Å²) in [4.78, 5) is 14.7. The van der Waals surface area contributed by atoms with Gasteiger partial charge in [-0.3, -0.25) is 0 Å². The van der Waals surface area contributed by atoms with Crippen molar-refractivity contribution in [3.05, 3.63) is 35.4 Å². The van der Waals surface area contributed by atoms with Gasteiger partial charge in [-0.2, -0.15) is 13.2 Å². The van der Waals surface area contributed by atoms with Crippen molar-refractivity contribution in [2.24, 2.45) is 0 Å². The normalized spacial score (nSPS) is 20.4. The first kappa shape index (κ1) is 28.7. The molecule has 1 aliphatic heterocycles. The molecule has 2 rings (SSSR count). The second-order valence-corrected chi connectivity index (χ2v) is 16.8. The van der Waals surface area contributed by atoms with Crippen LogP contribution in [0.1, 0.15) is 92.3 Å². The van der Waals surface area contributed by atoms with E-state index in [0.29, 0.717) is 41.6 Å². The third-order valence-electron chi connectivity index (χ3n) is 6.88. The van der Waals surface area contributed by atoms with Crippen LogP contribution >= 0.6 is 0 Å². The van der Waals surface area contributed by atoms with E-state index >= 15 is 0 Å². The molecule has 1 heterocycles. The number of rotatable bonds is 6. The monoisotopic (exact) mass is 501 g/mol. The average Bonchev–Trinajstić information content (AvgIpc) is 2.69. The van der Waals surface area contributed by atoms with Gasteiger partial charge in [-0.15, -0.1) is 0 Å². The van der Waals surface area contributed by atoms with E-state index in [0.717, 1.165) is 12.1 Å². The van der Waals surface area contributed by atoms with Crippen molar-refractivity contribution in [2.75, 3.05) is 6.54 Å². The quantitative estimate of drug-likeness (QED) is 0.368. The summed E-state index contributed by atoms with van der Waals surface area (Å²) in [6, 6.07) is 4.72. The number of alkyl halides is 3. The molecular formula is C26H42F3NO3Si. The van der Waals surface area contributed by atoms with Crippen LogP contribution in [0.2, 0.25) is 16.6 Å². The van der Waals surface area contributed by atoms with Gasteiger partial charge in [0.15, 0.2) is 0 Å². The molecule has 0 aliphatic carbocycles. The summed E-state index contributed by atoms with van der Waals surface area (Å²) in [6.07, 6.45) is -3.71. The van der Waals surface area contributed by atoms with Gasteiger partial charge in [0.2, 0.25) is 8.32 Å². The van der Waals surface area contributed by atoms with E-state index in [9.17, 15) is 18.0 Å². The molecule has 34 heavy (non-hydrogen) atoms. The first-order chi connectivity index (χ1) is 15.5. The fourth-order valence-corrected chi connectivity index (χ4v) is 11.1. The third-order valence-corrected chi connectivity index (χ3v) is 13.0. The van der Waals surface area contributed by atoms with Crippen LogP contribution < -0.4 is 0 Å². The van der Waals surface area contributed by atoms with Crippen molar-refractivity contribution < 1.29 is 27.1 Å². The van der Waals surface area contributed by atoms with Crippen LogP contribution in [0.25, 0.3) is 0 Å². The van der Waals surface area contributed by atoms with Gasteiger partial charge in [0, 0.05) is 12.6 Å². The minimum atomic E-state index is -4.40. The Balaban J connectivity index is 2.39. The largest absolute Gasteiger partial charge is 0.444 e. The lowest BCUT2D eigenvalue weighted by Crippen LogP contribution is -2.53. The lowest BCUT2D eigenvalue weighted by molar-refractivity contribution is -0.137. The van der Waals surface area contributed by atoms with E-state index in [2.05, 4.69) is 41.5 Å². The summed E-state index contributed by atoms with van der Waals surface area (Å²) >= 11 is 0. The Hall–Kier alpha value is -1.54. The van der Waals surface area contributed by atoms with E-state index in [1.807, 2.05) is 20.8 Å². The van der Waals surface area contributed by atoms with Crippen LogP contribution in [0.5, 0.6) is 0 Å². The number of benzene rings is 1. The highest BCUT2D eigenvalue weighted by atomic mass is 28.4. The van der Waals surface area contributed by atoms with Crippen LogP contribution in [0, 0.1) is 0 Å². The highest BCUT2D eigenvalue weighted by Crippen LogP contribution is 2.45. The second-order valence-electron chi connectivity index (χ2n) is 11.4. The first-order valence-electron chi connectivity index (χ1n) is 12.3. The van der Waals surface area contributed by atoms with Gasteiger partial charge in [-0.1, -0.05) is 53.7 Å². The Morgan fingerprint density at radius 1 is 0.971 bits per heavy atom. The number of halogens is 3. The molecule has 1 amide bonds. The van der Waals surface area contributed by atoms with Crippen molar-refractivity contribution in [2.45, 2.75) is 116 Å². The summed E-state index contributed by atoms with van der Waals surface area (Å²) in [5.41, 5.74) is 0.555.